The molecule has 1 amide bonds. The molecule has 6 heteroatoms. The Morgan fingerprint density at radius 3 is 2.58 bits per heavy atom. The maximum absolute atomic E-state index is 11.8. The molecule has 0 aromatic carbocycles. The molecule has 1 aromatic rings. The van der Waals surface area contributed by atoms with Gasteiger partial charge >= 0.3 is 5.97 Å². The van der Waals surface area contributed by atoms with E-state index < -0.39 is 5.97 Å². The van der Waals surface area contributed by atoms with Crippen LogP contribution in [0.5, 0.6) is 0 Å². The molecule has 0 aliphatic heterocycles. The van der Waals surface area contributed by atoms with Crippen LogP contribution in [0.2, 0.25) is 0 Å². The highest BCUT2D eigenvalue weighted by atomic mass is 16.4. The van der Waals surface area contributed by atoms with Gasteiger partial charge in [0.2, 0.25) is 0 Å². The van der Waals surface area contributed by atoms with Crippen LogP contribution in [0, 0.1) is 0 Å². The average molecular weight is 267 g/mol. The number of aromatic nitrogens is 2. The third-order valence-corrected chi connectivity index (χ3v) is 2.64. The third kappa shape index (κ3) is 5.11. The molecule has 0 spiro atoms. The zero-order valence-electron chi connectivity index (χ0n) is 11.6. The van der Waals surface area contributed by atoms with Crippen molar-refractivity contribution >= 4 is 11.9 Å². The number of nitrogens with zero attached hydrogens (tertiary/aromatic N) is 2. The van der Waals surface area contributed by atoms with E-state index in [1.807, 2.05) is 20.8 Å². The van der Waals surface area contributed by atoms with Crippen molar-refractivity contribution in [2.45, 2.75) is 45.6 Å². The van der Waals surface area contributed by atoms with Crippen molar-refractivity contribution in [3.05, 3.63) is 18.0 Å². The molecule has 106 valence electrons. The number of unbranched alkanes of at least 4 members (excludes halogenated alkanes) is 1. The summed E-state index contributed by atoms with van der Waals surface area (Å²) in [5, 5.41) is 15.4. The number of hydrogen-bond acceptors (Lipinski definition) is 3. The van der Waals surface area contributed by atoms with Crippen LogP contribution in [0.3, 0.4) is 0 Å². The standard InChI is InChI=1S/C13H21N3O3/c1-13(2,3)16-9-10(8-15-16)12(19)14-7-5-4-6-11(17)18/h8-9H,4-7H2,1-3H3,(H,14,19)(H,17,18). The Kier molecular flexibility index (Phi) is 5.09. The lowest BCUT2D eigenvalue weighted by Crippen LogP contribution is -2.25. The first-order valence-corrected chi connectivity index (χ1v) is 6.36. The summed E-state index contributed by atoms with van der Waals surface area (Å²) in [6, 6.07) is 0. The number of carbonyl (C=O) groups excluding carboxylic acids is 1. The Morgan fingerprint density at radius 1 is 1.37 bits per heavy atom. The minimum Gasteiger partial charge on any atom is -0.481 e. The third-order valence-electron chi connectivity index (χ3n) is 2.64. The number of aliphatic carboxylic acids is 1. The van der Waals surface area contributed by atoms with Crippen molar-refractivity contribution < 1.29 is 14.7 Å². The van der Waals surface area contributed by atoms with E-state index in [2.05, 4.69) is 10.4 Å². The molecule has 0 aliphatic carbocycles. The van der Waals surface area contributed by atoms with E-state index in [4.69, 9.17) is 5.11 Å². The van der Waals surface area contributed by atoms with Gasteiger partial charge in [0.1, 0.15) is 0 Å². The fraction of sp³-hybridized carbons (Fsp3) is 0.615. The monoisotopic (exact) mass is 267 g/mol. The molecular formula is C13H21N3O3. The van der Waals surface area contributed by atoms with E-state index in [0.29, 0.717) is 24.9 Å². The number of carbonyl (C=O) groups is 2. The second kappa shape index (κ2) is 6.36. The van der Waals surface area contributed by atoms with E-state index >= 15 is 0 Å². The number of nitrogens with one attached hydrogen (secondary N) is 1. The predicted octanol–water partition coefficient (Wildman–Crippen LogP) is 1.62. The molecule has 0 unspecified atom stereocenters. The molecule has 1 aromatic heterocycles. The van der Waals surface area contributed by atoms with Crippen LogP contribution in [-0.2, 0) is 10.3 Å². The highest BCUT2D eigenvalue weighted by Crippen LogP contribution is 2.13. The number of carboxylic acid groups (broad SMARTS) is 1. The SMILES string of the molecule is CC(C)(C)n1cc(C(=O)NCCCCC(=O)O)cn1. The summed E-state index contributed by atoms with van der Waals surface area (Å²) in [6.07, 6.45) is 4.62. The topological polar surface area (TPSA) is 84.2 Å². The van der Waals surface area contributed by atoms with Crippen LogP contribution in [0.1, 0.15) is 50.4 Å². The Morgan fingerprint density at radius 2 is 2.05 bits per heavy atom. The maximum atomic E-state index is 11.8. The summed E-state index contributed by atoms with van der Waals surface area (Å²) in [6.45, 7) is 6.50. The fourth-order valence-electron chi connectivity index (χ4n) is 1.51. The normalized spacial score (nSPS) is 11.3. The van der Waals surface area contributed by atoms with E-state index in [-0.39, 0.29) is 17.9 Å². The first kappa shape index (κ1) is 15.2. The Hall–Kier alpha value is -1.85. The van der Waals surface area contributed by atoms with Gasteiger partial charge in [-0.3, -0.25) is 14.3 Å². The molecule has 1 heterocycles. The van der Waals surface area contributed by atoms with Gasteiger partial charge in [0.05, 0.1) is 17.3 Å². The molecule has 2 N–H and O–H groups in total. The number of rotatable bonds is 6. The van der Waals surface area contributed by atoms with Gasteiger partial charge in [0.15, 0.2) is 0 Å². The lowest BCUT2D eigenvalue weighted by Gasteiger charge is -2.18. The first-order valence-electron chi connectivity index (χ1n) is 6.36. The highest BCUT2D eigenvalue weighted by Gasteiger charge is 2.16. The van der Waals surface area contributed by atoms with E-state index in [1.54, 1.807) is 10.9 Å². The number of amides is 1. The van der Waals surface area contributed by atoms with Gasteiger partial charge in [-0.05, 0) is 33.6 Å². The van der Waals surface area contributed by atoms with Gasteiger partial charge in [-0.1, -0.05) is 0 Å². The van der Waals surface area contributed by atoms with Crippen LogP contribution in [0.4, 0.5) is 0 Å². The zero-order valence-corrected chi connectivity index (χ0v) is 11.6. The Bertz CT molecular complexity index is 446. The van der Waals surface area contributed by atoms with Crippen LogP contribution >= 0.6 is 0 Å². The van der Waals surface area contributed by atoms with Crippen molar-refractivity contribution in [2.24, 2.45) is 0 Å². The molecule has 0 aliphatic rings. The van der Waals surface area contributed by atoms with Crippen LogP contribution in [0.25, 0.3) is 0 Å². The summed E-state index contributed by atoms with van der Waals surface area (Å²) in [4.78, 5) is 22.1. The van der Waals surface area contributed by atoms with E-state index in [9.17, 15) is 9.59 Å². The molecule has 0 saturated carbocycles. The molecule has 6 nitrogen and oxygen atoms in total. The zero-order chi connectivity index (χ0) is 14.5. The lowest BCUT2D eigenvalue weighted by atomic mass is 10.1. The fourth-order valence-corrected chi connectivity index (χ4v) is 1.51. The van der Waals surface area contributed by atoms with Gasteiger partial charge in [0, 0.05) is 19.2 Å². The summed E-state index contributed by atoms with van der Waals surface area (Å²) >= 11 is 0. The Labute approximate surface area is 112 Å². The smallest absolute Gasteiger partial charge is 0.303 e. The molecule has 0 fully saturated rings. The summed E-state index contributed by atoms with van der Waals surface area (Å²) in [5.74, 6) is -0.983. The Balaban J connectivity index is 2.38. The second-order valence-electron chi connectivity index (χ2n) is 5.45. The van der Waals surface area contributed by atoms with Gasteiger partial charge in [-0.15, -0.1) is 0 Å². The van der Waals surface area contributed by atoms with Crippen molar-refractivity contribution in [3.63, 3.8) is 0 Å². The van der Waals surface area contributed by atoms with Crippen LogP contribution in [-0.4, -0.2) is 33.3 Å². The number of carboxylic acids is 1. The average Bonchev–Trinajstić information content (AvgIpc) is 2.76. The summed E-state index contributed by atoms with van der Waals surface area (Å²) in [5.41, 5.74) is 0.369. The lowest BCUT2D eigenvalue weighted by molar-refractivity contribution is -0.137. The minimum atomic E-state index is -0.808. The summed E-state index contributed by atoms with van der Waals surface area (Å²) < 4.78 is 1.74. The van der Waals surface area contributed by atoms with Gasteiger partial charge in [0.25, 0.3) is 5.91 Å². The molecule has 0 bridgehead atoms. The second-order valence-corrected chi connectivity index (χ2v) is 5.45. The van der Waals surface area contributed by atoms with Crippen molar-refractivity contribution in [1.29, 1.82) is 0 Å². The molecular weight excluding hydrogens is 246 g/mol. The van der Waals surface area contributed by atoms with Gasteiger partial charge < -0.3 is 10.4 Å². The van der Waals surface area contributed by atoms with Crippen molar-refractivity contribution in [1.82, 2.24) is 15.1 Å². The van der Waals surface area contributed by atoms with Crippen molar-refractivity contribution in [3.8, 4) is 0 Å². The molecule has 1 rings (SSSR count). The van der Waals surface area contributed by atoms with Crippen LogP contribution in [0.15, 0.2) is 12.4 Å². The van der Waals surface area contributed by atoms with Gasteiger partial charge in [-0.2, -0.15) is 5.10 Å². The predicted molar refractivity (Wildman–Crippen MR) is 71.0 cm³/mol. The quantitative estimate of drug-likeness (QED) is 0.767. The van der Waals surface area contributed by atoms with E-state index in [0.717, 1.165) is 0 Å². The summed E-state index contributed by atoms with van der Waals surface area (Å²) in [7, 11) is 0. The van der Waals surface area contributed by atoms with E-state index in [1.165, 1.54) is 6.20 Å². The van der Waals surface area contributed by atoms with Crippen molar-refractivity contribution in [2.75, 3.05) is 6.54 Å². The maximum Gasteiger partial charge on any atom is 0.303 e. The highest BCUT2D eigenvalue weighted by molar-refractivity contribution is 5.93. The number of hydrogen-bond donors (Lipinski definition) is 2. The molecule has 19 heavy (non-hydrogen) atoms. The molecule has 0 saturated heterocycles. The van der Waals surface area contributed by atoms with Crippen LogP contribution < -0.4 is 5.32 Å². The minimum absolute atomic E-state index is 0.137. The largest absolute Gasteiger partial charge is 0.481 e. The first-order chi connectivity index (χ1) is 8.80. The van der Waals surface area contributed by atoms with Gasteiger partial charge in [-0.25, -0.2) is 0 Å². The molecule has 0 radical (unpaired) electrons. The molecule has 0 atom stereocenters.